The van der Waals surface area contributed by atoms with Gasteiger partial charge in [0, 0.05) is 18.9 Å². The van der Waals surface area contributed by atoms with Crippen molar-refractivity contribution in [1.82, 2.24) is 14.8 Å². The van der Waals surface area contributed by atoms with Crippen LogP contribution in [0.3, 0.4) is 0 Å². The van der Waals surface area contributed by atoms with E-state index in [0.29, 0.717) is 11.5 Å². The van der Waals surface area contributed by atoms with Crippen molar-refractivity contribution < 1.29 is 9.90 Å². The van der Waals surface area contributed by atoms with Gasteiger partial charge in [0.1, 0.15) is 0 Å². The van der Waals surface area contributed by atoms with Gasteiger partial charge in [-0.25, -0.2) is 9.78 Å². The molecule has 0 amide bonds. The van der Waals surface area contributed by atoms with Crippen LogP contribution in [0.15, 0.2) is 24.7 Å². The van der Waals surface area contributed by atoms with Crippen LogP contribution >= 0.6 is 0 Å². The van der Waals surface area contributed by atoms with Crippen LogP contribution in [0.2, 0.25) is 0 Å². The van der Waals surface area contributed by atoms with Gasteiger partial charge in [-0.15, -0.1) is 0 Å². The number of aryl methyl sites for hydroxylation is 1. The molecule has 0 bridgehead atoms. The standard InChI is InChI=1S/C11H13N5O2/c1-2-16-6-7(5-14-16)15-10-9(12)8(11(17)18)3-4-13-10/h3-6H,2,12H2,1H3,(H,13,15)(H,17,18). The van der Waals surface area contributed by atoms with Crippen LogP contribution in [0.5, 0.6) is 0 Å². The van der Waals surface area contributed by atoms with Crippen molar-refractivity contribution in [2.24, 2.45) is 0 Å². The van der Waals surface area contributed by atoms with E-state index in [9.17, 15) is 4.79 Å². The number of nitrogens with one attached hydrogen (secondary N) is 1. The summed E-state index contributed by atoms with van der Waals surface area (Å²) in [5, 5.41) is 16.0. The fourth-order valence-electron chi connectivity index (χ4n) is 1.50. The molecule has 2 rings (SSSR count). The number of aromatic nitrogens is 3. The molecule has 0 unspecified atom stereocenters. The predicted octanol–water partition coefficient (Wildman–Crippen LogP) is 1.32. The second kappa shape index (κ2) is 4.74. The lowest BCUT2D eigenvalue weighted by Gasteiger charge is -2.07. The number of nitrogens with two attached hydrogens (primary N) is 1. The molecule has 7 heteroatoms. The van der Waals surface area contributed by atoms with Crippen molar-refractivity contribution in [3.63, 3.8) is 0 Å². The Morgan fingerprint density at radius 1 is 1.61 bits per heavy atom. The minimum absolute atomic E-state index is 0.0235. The number of pyridine rings is 1. The molecule has 2 aromatic heterocycles. The van der Waals surface area contributed by atoms with Gasteiger partial charge in [0.2, 0.25) is 0 Å². The lowest BCUT2D eigenvalue weighted by Crippen LogP contribution is -2.06. The number of rotatable bonds is 4. The molecule has 0 aliphatic rings. The van der Waals surface area contributed by atoms with E-state index in [1.807, 2.05) is 6.92 Å². The highest BCUT2D eigenvalue weighted by molar-refractivity contribution is 5.96. The number of carbonyl (C=O) groups is 1. The Morgan fingerprint density at radius 2 is 2.39 bits per heavy atom. The molecule has 0 aliphatic carbocycles. The lowest BCUT2D eigenvalue weighted by molar-refractivity contribution is 0.0698. The summed E-state index contributed by atoms with van der Waals surface area (Å²) in [4.78, 5) is 14.9. The van der Waals surface area contributed by atoms with Crippen LogP contribution in [0, 0.1) is 0 Å². The third kappa shape index (κ3) is 2.24. The summed E-state index contributed by atoms with van der Waals surface area (Å²) in [6, 6.07) is 1.36. The Morgan fingerprint density at radius 3 is 3.00 bits per heavy atom. The third-order valence-corrected chi connectivity index (χ3v) is 2.44. The van der Waals surface area contributed by atoms with Crippen molar-refractivity contribution in [2.75, 3.05) is 11.1 Å². The van der Waals surface area contributed by atoms with E-state index in [0.717, 1.165) is 6.54 Å². The minimum Gasteiger partial charge on any atom is -0.478 e. The molecule has 94 valence electrons. The van der Waals surface area contributed by atoms with Crippen molar-refractivity contribution in [2.45, 2.75) is 13.5 Å². The van der Waals surface area contributed by atoms with E-state index in [2.05, 4.69) is 15.4 Å². The minimum atomic E-state index is -1.08. The van der Waals surface area contributed by atoms with Gasteiger partial charge in [-0.3, -0.25) is 4.68 Å². The molecule has 4 N–H and O–H groups in total. The molecule has 2 heterocycles. The summed E-state index contributed by atoms with van der Waals surface area (Å²) in [5.41, 5.74) is 6.57. The SMILES string of the molecule is CCn1cc(Nc2nccc(C(=O)O)c2N)cn1. The van der Waals surface area contributed by atoms with Gasteiger partial charge < -0.3 is 16.2 Å². The Kier molecular flexibility index (Phi) is 3.13. The van der Waals surface area contributed by atoms with E-state index in [1.54, 1.807) is 17.1 Å². The van der Waals surface area contributed by atoms with E-state index in [4.69, 9.17) is 10.8 Å². The maximum atomic E-state index is 10.9. The zero-order valence-corrected chi connectivity index (χ0v) is 9.79. The van der Waals surface area contributed by atoms with Crippen LogP contribution in [0.1, 0.15) is 17.3 Å². The molecule has 18 heavy (non-hydrogen) atoms. The molecular weight excluding hydrogens is 234 g/mol. The average Bonchev–Trinajstić information content (AvgIpc) is 2.79. The molecule has 0 fully saturated rings. The first-order valence-electron chi connectivity index (χ1n) is 5.39. The molecule has 0 saturated carbocycles. The highest BCUT2D eigenvalue weighted by Crippen LogP contribution is 2.23. The van der Waals surface area contributed by atoms with Crippen molar-refractivity contribution in [3.05, 3.63) is 30.2 Å². The van der Waals surface area contributed by atoms with Crippen LogP contribution in [0.4, 0.5) is 17.2 Å². The molecule has 0 spiro atoms. The second-order valence-electron chi connectivity index (χ2n) is 3.64. The van der Waals surface area contributed by atoms with E-state index < -0.39 is 5.97 Å². The smallest absolute Gasteiger partial charge is 0.337 e. The third-order valence-electron chi connectivity index (χ3n) is 2.44. The molecule has 0 saturated heterocycles. The topological polar surface area (TPSA) is 106 Å². The molecule has 0 aromatic carbocycles. The Balaban J connectivity index is 2.29. The number of nitrogens with zero attached hydrogens (tertiary/aromatic N) is 3. The quantitative estimate of drug-likeness (QED) is 0.752. The molecule has 0 radical (unpaired) electrons. The second-order valence-corrected chi connectivity index (χ2v) is 3.64. The monoisotopic (exact) mass is 247 g/mol. The fraction of sp³-hybridized carbons (Fsp3) is 0.182. The summed E-state index contributed by atoms with van der Waals surface area (Å²) >= 11 is 0. The first-order valence-corrected chi connectivity index (χ1v) is 5.39. The van der Waals surface area contributed by atoms with Crippen LogP contribution in [-0.4, -0.2) is 25.8 Å². The number of carboxylic acids is 1. The van der Waals surface area contributed by atoms with Gasteiger partial charge in [-0.2, -0.15) is 5.10 Å². The van der Waals surface area contributed by atoms with Gasteiger partial charge in [0.15, 0.2) is 5.82 Å². The number of hydrogen-bond acceptors (Lipinski definition) is 5. The summed E-state index contributed by atoms with van der Waals surface area (Å²) in [5.74, 6) is -0.771. The molecule has 7 nitrogen and oxygen atoms in total. The molecule has 0 atom stereocenters. The fourth-order valence-corrected chi connectivity index (χ4v) is 1.50. The van der Waals surface area contributed by atoms with E-state index in [-0.39, 0.29) is 11.3 Å². The number of hydrogen-bond donors (Lipinski definition) is 3. The van der Waals surface area contributed by atoms with Crippen LogP contribution in [0.25, 0.3) is 0 Å². The number of nitrogen functional groups attached to an aromatic ring is 1. The van der Waals surface area contributed by atoms with Crippen molar-refractivity contribution in [1.29, 1.82) is 0 Å². The van der Waals surface area contributed by atoms with E-state index >= 15 is 0 Å². The Labute approximate surface area is 103 Å². The average molecular weight is 247 g/mol. The molecule has 2 aromatic rings. The maximum absolute atomic E-state index is 10.9. The first kappa shape index (κ1) is 11.9. The van der Waals surface area contributed by atoms with Gasteiger partial charge in [-0.05, 0) is 13.0 Å². The van der Waals surface area contributed by atoms with Crippen molar-refractivity contribution in [3.8, 4) is 0 Å². The largest absolute Gasteiger partial charge is 0.478 e. The van der Waals surface area contributed by atoms with Crippen LogP contribution < -0.4 is 11.1 Å². The summed E-state index contributed by atoms with van der Waals surface area (Å²) in [6.45, 7) is 2.72. The van der Waals surface area contributed by atoms with Crippen molar-refractivity contribution >= 4 is 23.2 Å². The highest BCUT2D eigenvalue weighted by Gasteiger charge is 2.12. The zero-order chi connectivity index (χ0) is 13.1. The summed E-state index contributed by atoms with van der Waals surface area (Å²) in [6.07, 6.45) is 4.80. The van der Waals surface area contributed by atoms with Gasteiger partial charge in [-0.1, -0.05) is 0 Å². The summed E-state index contributed by atoms with van der Waals surface area (Å²) in [7, 11) is 0. The highest BCUT2D eigenvalue weighted by atomic mass is 16.4. The molecule has 0 aliphatic heterocycles. The number of carboxylic acid groups (broad SMARTS) is 1. The number of anilines is 3. The summed E-state index contributed by atoms with van der Waals surface area (Å²) < 4.78 is 1.74. The van der Waals surface area contributed by atoms with Gasteiger partial charge in [0.05, 0.1) is 23.1 Å². The Hall–Kier alpha value is -2.57. The van der Waals surface area contributed by atoms with Gasteiger partial charge >= 0.3 is 5.97 Å². The maximum Gasteiger partial charge on any atom is 0.337 e. The van der Waals surface area contributed by atoms with E-state index in [1.165, 1.54) is 12.3 Å². The lowest BCUT2D eigenvalue weighted by atomic mass is 10.2. The molecular formula is C11H13N5O2. The van der Waals surface area contributed by atoms with Gasteiger partial charge in [0.25, 0.3) is 0 Å². The predicted molar refractivity (Wildman–Crippen MR) is 66.8 cm³/mol. The zero-order valence-electron chi connectivity index (χ0n) is 9.79. The first-order chi connectivity index (χ1) is 8.61. The number of aromatic carboxylic acids is 1. The Bertz CT molecular complexity index is 579. The normalized spacial score (nSPS) is 10.3. The van der Waals surface area contributed by atoms with Crippen LogP contribution in [-0.2, 0) is 6.54 Å².